The van der Waals surface area contributed by atoms with Gasteiger partial charge in [-0.1, -0.05) is 27.7 Å². The van der Waals surface area contributed by atoms with Crippen molar-refractivity contribution >= 4 is 0 Å². The zero-order valence-corrected chi connectivity index (χ0v) is 15.0. The standard InChI is InChI=1S/C17H35NO4/c1-11(2)7-15(14(9-19)10-20-6)18-8-16-17(22-16)21-13(5)12(3)4/h11-19H,7-10H2,1-6H3. The average molecular weight is 317 g/mol. The second kappa shape index (κ2) is 9.83. The van der Waals surface area contributed by atoms with Crippen LogP contribution in [0.5, 0.6) is 0 Å². The number of epoxide rings is 1. The number of methoxy groups -OCH3 is 1. The highest BCUT2D eigenvalue weighted by atomic mass is 16.8. The summed E-state index contributed by atoms with van der Waals surface area (Å²) < 4.78 is 16.7. The minimum Gasteiger partial charge on any atom is -0.396 e. The lowest BCUT2D eigenvalue weighted by atomic mass is 9.93. The zero-order valence-electron chi connectivity index (χ0n) is 15.0. The van der Waals surface area contributed by atoms with E-state index in [0.29, 0.717) is 18.4 Å². The highest BCUT2D eigenvalue weighted by molar-refractivity contribution is 4.85. The smallest absolute Gasteiger partial charge is 0.186 e. The van der Waals surface area contributed by atoms with Crippen LogP contribution >= 0.6 is 0 Å². The molecule has 2 N–H and O–H groups in total. The summed E-state index contributed by atoms with van der Waals surface area (Å²) in [5.41, 5.74) is 0. The van der Waals surface area contributed by atoms with E-state index in [1.807, 2.05) is 0 Å². The third-order valence-electron chi connectivity index (χ3n) is 4.31. The van der Waals surface area contributed by atoms with Crippen LogP contribution in [0.25, 0.3) is 0 Å². The second-order valence-corrected chi connectivity index (χ2v) is 7.17. The number of aliphatic hydroxyl groups is 1. The van der Waals surface area contributed by atoms with Crippen LogP contribution in [0.2, 0.25) is 0 Å². The molecule has 22 heavy (non-hydrogen) atoms. The van der Waals surface area contributed by atoms with E-state index >= 15 is 0 Å². The molecule has 1 rings (SSSR count). The molecule has 5 nitrogen and oxygen atoms in total. The second-order valence-electron chi connectivity index (χ2n) is 7.17. The van der Waals surface area contributed by atoms with Crippen LogP contribution in [0.3, 0.4) is 0 Å². The molecule has 0 aromatic carbocycles. The number of hydrogen-bond donors (Lipinski definition) is 2. The van der Waals surface area contributed by atoms with Crippen molar-refractivity contribution in [2.45, 2.75) is 65.6 Å². The Bertz CT molecular complexity index is 298. The van der Waals surface area contributed by atoms with Gasteiger partial charge in [-0.2, -0.15) is 0 Å². The van der Waals surface area contributed by atoms with Crippen LogP contribution in [0.1, 0.15) is 41.0 Å². The molecule has 0 bridgehead atoms. The van der Waals surface area contributed by atoms with E-state index in [1.165, 1.54) is 0 Å². The molecule has 1 heterocycles. The predicted molar refractivity (Wildman–Crippen MR) is 87.7 cm³/mol. The van der Waals surface area contributed by atoms with E-state index in [2.05, 4.69) is 39.9 Å². The highest BCUT2D eigenvalue weighted by Gasteiger charge is 2.41. The first-order valence-corrected chi connectivity index (χ1v) is 8.53. The molecule has 0 amide bonds. The Hall–Kier alpha value is -0.200. The number of aliphatic hydroxyl groups excluding tert-OH is 1. The van der Waals surface area contributed by atoms with E-state index in [-0.39, 0.29) is 37.1 Å². The Morgan fingerprint density at radius 1 is 1.18 bits per heavy atom. The van der Waals surface area contributed by atoms with Crippen LogP contribution in [0.4, 0.5) is 0 Å². The molecular weight excluding hydrogens is 282 g/mol. The van der Waals surface area contributed by atoms with E-state index in [1.54, 1.807) is 7.11 Å². The van der Waals surface area contributed by atoms with Crippen molar-refractivity contribution < 1.29 is 19.3 Å². The van der Waals surface area contributed by atoms with E-state index in [0.717, 1.165) is 13.0 Å². The molecule has 0 aromatic heterocycles. The van der Waals surface area contributed by atoms with Gasteiger partial charge in [0.15, 0.2) is 6.29 Å². The Labute approximate surface area is 135 Å². The van der Waals surface area contributed by atoms with Gasteiger partial charge in [-0.3, -0.25) is 0 Å². The summed E-state index contributed by atoms with van der Waals surface area (Å²) in [6, 6.07) is 0.234. The van der Waals surface area contributed by atoms with Crippen LogP contribution < -0.4 is 5.32 Å². The molecule has 1 aliphatic rings. The third-order valence-corrected chi connectivity index (χ3v) is 4.31. The maximum absolute atomic E-state index is 9.58. The van der Waals surface area contributed by atoms with Gasteiger partial charge in [0.1, 0.15) is 6.10 Å². The molecule has 132 valence electrons. The first-order valence-electron chi connectivity index (χ1n) is 8.53. The summed E-state index contributed by atoms with van der Waals surface area (Å²) in [6.45, 7) is 12.2. The van der Waals surface area contributed by atoms with Crippen molar-refractivity contribution in [1.82, 2.24) is 5.32 Å². The third kappa shape index (κ3) is 6.92. The van der Waals surface area contributed by atoms with Gasteiger partial charge in [-0.05, 0) is 25.2 Å². The zero-order chi connectivity index (χ0) is 16.7. The fourth-order valence-corrected chi connectivity index (χ4v) is 2.49. The number of ether oxygens (including phenoxy) is 3. The average Bonchev–Trinajstić information content (AvgIpc) is 3.18. The first kappa shape index (κ1) is 19.8. The van der Waals surface area contributed by atoms with Crippen molar-refractivity contribution in [2.24, 2.45) is 17.8 Å². The Kier molecular flexibility index (Phi) is 8.87. The van der Waals surface area contributed by atoms with Gasteiger partial charge in [0, 0.05) is 32.2 Å². The first-order chi connectivity index (χ1) is 10.4. The summed E-state index contributed by atoms with van der Waals surface area (Å²) in [6.07, 6.45) is 1.26. The maximum atomic E-state index is 9.58. The van der Waals surface area contributed by atoms with E-state index in [4.69, 9.17) is 14.2 Å². The number of nitrogens with one attached hydrogen (secondary N) is 1. The molecule has 5 unspecified atom stereocenters. The topological polar surface area (TPSA) is 63.2 Å². The van der Waals surface area contributed by atoms with Gasteiger partial charge in [0.2, 0.25) is 0 Å². The molecule has 5 atom stereocenters. The van der Waals surface area contributed by atoms with E-state index < -0.39 is 0 Å². The molecule has 1 saturated heterocycles. The Morgan fingerprint density at radius 3 is 2.36 bits per heavy atom. The van der Waals surface area contributed by atoms with Crippen molar-refractivity contribution in [3.63, 3.8) is 0 Å². The summed E-state index contributed by atoms with van der Waals surface area (Å²) in [5.74, 6) is 1.17. The fraction of sp³-hybridized carbons (Fsp3) is 1.00. The number of rotatable bonds is 12. The lowest BCUT2D eigenvalue weighted by molar-refractivity contribution is -0.0236. The van der Waals surface area contributed by atoms with Gasteiger partial charge >= 0.3 is 0 Å². The summed E-state index contributed by atoms with van der Waals surface area (Å²) >= 11 is 0. The lowest BCUT2D eigenvalue weighted by Crippen LogP contribution is -2.43. The van der Waals surface area contributed by atoms with E-state index in [9.17, 15) is 5.11 Å². The SMILES string of the molecule is COCC(CO)C(CC(C)C)NCC1OC1OC(C)C(C)C. The molecule has 5 heteroatoms. The van der Waals surface area contributed by atoms with Gasteiger partial charge < -0.3 is 24.6 Å². The quantitative estimate of drug-likeness (QED) is 0.539. The maximum Gasteiger partial charge on any atom is 0.186 e. The molecule has 1 fully saturated rings. The molecule has 0 saturated carbocycles. The van der Waals surface area contributed by atoms with Crippen molar-refractivity contribution in [1.29, 1.82) is 0 Å². The molecular formula is C17H35NO4. The van der Waals surface area contributed by atoms with Crippen LogP contribution in [-0.2, 0) is 14.2 Å². The van der Waals surface area contributed by atoms with Gasteiger partial charge in [-0.15, -0.1) is 0 Å². The fourth-order valence-electron chi connectivity index (χ4n) is 2.49. The molecule has 0 aliphatic carbocycles. The molecule has 0 aromatic rings. The van der Waals surface area contributed by atoms with Crippen molar-refractivity contribution in [3.05, 3.63) is 0 Å². The summed E-state index contributed by atoms with van der Waals surface area (Å²) in [5, 5.41) is 13.1. The van der Waals surface area contributed by atoms with Crippen LogP contribution in [0, 0.1) is 17.8 Å². The van der Waals surface area contributed by atoms with Gasteiger partial charge in [-0.25, -0.2) is 0 Å². The largest absolute Gasteiger partial charge is 0.396 e. The van der Waals surface area contributed by atoms with Crippen LogP contribution in [0.15, 0.2) is 0 Å². The van der Waals surface area contributed by atoms with Gasteiger partial charge in [0.25, 0.3) is 0 Å². The summed E-state index contributed by atoms with van der Waals surface area (Å²) in [7, 11) is 1.68. The number of hydrogen-bond acceptors (Lipinski definition) is 5. The monoisotopic (exact) mass is 317 g/mol. The van der Waals surface area contributed by atoms with Crippen LogP contribution in [-0.4, -0.2) is 56.5 Å². The van der Waals surface area contributed by atoms with Crippen molar-refractivity contribution in [2.75, 3.05) is 26.9 Å². The highest BCUT2D eigenvalue weighted by Crippen LogP contribution is 2.26. The van der Waals surface area contributed by atoms with Gasteiger partial charge in [0.05, 0.1) is 12.7 Å². The van der Waals surface area contributed by atoms with Crippen molar-refractivity contribution in [3.8, 4) is 0 Å². The minimum atomic E-state index is -0.0837. The molecule has 0 spiro atoms. The normalized spacial score (nSPS) is 25.5. The minimum absolute atomic E-state index is 0.0837. The lowest BCUT2D eigenvalue weighted by Gasteiger charge is -2.27. The summed E-state index contributed by atoms with van der Waals surface area (Å²) in [4.78, 5) is 0. The predicted octanol–water partition coefficient (Wildman–Crippen LogP) is 2.03. The molecule has 0 radical (unpaired) electrons. The Morgan fingerprint density at radius 2 is 1.86 bits per heavy atom. The Balaban J connectivity index is 2.38. The molecule has 1 aliphatic heterocycles.